The lowest BCUT2D eigenvalue weighted by molar-refractivity contribution is 0.0646. The van der Waals surface area contributed by atoms with Crippen molar-refractivity contribution in [2.45, 2.75) is 13.3 Å². The third-order valence-electron chi connectivity index (χ3n) is 4.23. The Balaban J connectivity index is 1.58. The molecular weight excluding hydrogens is 334 g/mol. The molecule has 0 spiro atoms. The maximum absolute atomic E-state index is 12.3. The molecule has 2 aromatic rings. The summed E-state index contributed by atoms with van der Waals surface area (Å²) in [5, 5.41) is 0. The Morgan fingerprint density at radius 2 is 1.65 bits per heavy atom. The molecule has 1 aliphatic rings. The average molecular weight is 353 g/mol. The Bertz CT molecular complexity index is 839. The first kappa shape index (κ1) is 17.7. The maximum atomic E-state index is 12.3. The molecule has 0 fully saturated rings. The summed E-state index contributed by atoms with van der Waals surface area (Å²) in [5.41, 5.74) is 1.43. The van der Waals surface area contributed by atoms with Crippen LogP contribution < -0.4 is 9.47 Å². The SMILES string of the molecule is COc1cc(C(C)=O)ccc1OCCCN1C(=O)c2ccccc2C1=O. The van der Waals surface area contributed by atoms with Crippen molar-refractivity contribution in [3.63, 3.8) is 0 Å². The Morgan fingerprint density at radius 3 is 2.23 bits per heavy atom. The van der Waals surface area contributed by atoms with Crippen LogP contribution in [0, 0.1) is 0 Å². The number of ketones is 1. The number of nitrogens with zero attached hydrogens (tertiary/aromatic N) is 1. The normalized spacial score (nSPS) is 12.9. The minimum atomic E-state index is -0.269. The minimum Gasteiger partial charge on any atom is -0.493 e. The first-order chi connectivity index (χ1) is 12.5. The molecule has 0 bridgehead atoms. The van der Waals surface area contributed by atoms with Gasteiger partial charge in [0.1, 0.15) is 0 Å². The fourth-order valence-electron chi connectivity index (χ4n) is 2.85. The van der Waals surface area contributed by atoms with E-state index in [4.69, 9.17) is 9.47 Å². The van der Waals surface area contributed by atoms with E-state index in [0.29, 0.717) is 41.2 Å². The number of carbonyl (C=O) groups excluding carboxylic acids is 3. The van der Waals surface area contributed by atoms with E-state index in [1.54, 1.807) is 42.5 Å². The van der Waals surface area contributed by atoms with Gasteiger partial charge in [-0.3, -0.25) is 19.3 Å². The Hall–Kier alpha value is -3.15. The van der Waals surface area contributed by atoms with Crippen LogP contribution in [0.15, 0.2) is 42.5 Å². The molecule has 6 nitrogen and oxygen atoms in total. The molecule has 3 rings (SSSR count). The summed E-state index contributed by atoms with van der Waals surface area (Å²) in [4.78, 5) is 37.2. The van der Waals surface area contributed by atoms with E-state index in [9.17, 15) is 14.4 Å². The molecule has 0 aliphatic carbocycles. The third kappa shape index (κ3) is 3.31. The minimum absolute atomic E-state index is 0.0551. The summed E-state index contributed by atoms with van der Waals surface area (Å²) in [6, 6.07) is 11.8. The van der Waals surface area contributed by atoms with E-state index >= 15 is 0 Å². The molecule has 0 unspecified atom stereocenters. The largest absolute Gasteiger partial charge is 0.493 e. The van der Waals surface area contributed by atoms with Crippen LogP contribution in [0.5, 0.6) is 11.5 Å². The number of hydrogen-bond acceptors (Lipinski definition) is 5. The lowest BCUT2D eigenvalue weighted by Crippen LogP contribution is -2.31. The van der Waals surface area contributed by atoms with Crippen molar-refractivity contribution < 1.29 is 23.9 Å². The van der Waals surface area contributed by atoms with E-state index < -0.39 is 0 Å². The highest BCUT2D eigenvalue weighted by atomic mass is 16.5. The van der Waals surface area contributed by atoms with Crippen LogP contribution in [-0.2, 0) is 0 Å². The van der Waals surface area contributed by atoms with Crippen LogP contribution in [0.1, 0.15) is 44.4 Å². The Morgan fingerprint density at radius 1 is 1.00 bits per heavy atom. The van der Waals surface area contributed by atoms with E-state index in [2.05, 4.69) is 0 Å². The highest BCUT2D eigenvalue weighted by molar-refractivity contribution is 6.21. The third-order valence-corrected chi connectivity index (χ3v) is 4.23. The summed E-state index contributed by atoms with van der Waals surface area (Å²) in [5.74, 6) is 0.391. The molecule has 6 heteroatoms. The van der Waals surface area contributed by atoms with Crippen molar-refractivity contribution in [3.8, 4) is 11.5 Å². The van der Waals surface area contributed by atoms with Gasteiger partial charge in [-0.15, -0.1) is 0 Å². The van der Waals surface area contributed by atoms with Gasteiger partial charge in [-0.1, -0.05) is 12.1 Å². The molecule has 0 saturated heterocycles. The van der Waals surface area contributed by atoms with Crippen molar-refractivity contribution >= 4 is 17.6 Å². The zero-order chi connectivity index (χ0) is 18.7. The van der Waals surface area contributed by atoms with Crippen LogP contribution in [0.25, 0.3) is 0 Å². The van der Waals surface area contributed by atoms with Crippen LogP contribution >= 0.6 is 0 Å². The number of methoxy groups -OCH3 is 1. The van der Waals surface area contributed by atoms with Gasteiger partial charge in [0, 0.05) is 12.1 Å². The molecule has 0 aromatic heterocycles. The molecule has 134 valence electrons. The van der Waals surface area contributed by atoms with E-state index in [1.165, 1.54) is 18.9 Å². The molecule has 0 radical (unpaired) electrons. The highest BCUT2D eigenvalue weighted by Crippen LogP contribution is 2.28. The molecule has 1 heterocycles. The maximum Gasteiger partial charge on any atom is 0.261 e. The first-order valence-electron chi connectivity index (χ1n) is 8.30. The number of fused-ring (bicyclic) bond motifs is 1. The summed E-state index contributed by atoms with van der Waals surface area (Å²) in [7, 11) is 1.50. The number of hydrogen-bond donors (Lipinski definition) is 0. The number of imide groups is 1. The van der Waals surface area contributed by atoms with Gasteiger partial charge in [0.2, 0.25) is 0 Å². The first-order valence-corrected chi connectivity index (χ1v) is 8.30. The Kier molecular flexibility index (Phi) is 5.02. The Labute approximate surface area is 151 Å². The van der Waals surface area contributed by atoms with Crippen LogP contribution in [0.3, 0.4) is 0 Å². The van der Waals surface area contributed by atoms with Crippen molar-refractivity contribution in [2.24, 2.45) is 0 Å². The van der Waals surface area contributed by atoms with Crippen molar-refractivity contribution in [1.82, 2.24) is 4.90 Å². The second kappa shape index (κ2) is 7.39. The predicted octanol–water partition coefficient (Wildman–Crippen LogP) is 2.96. The summed E-state index contributed by atoms with van der Waals surface area (Å²) < 4.78 is 10.9. The summed E-state index contributed by atoms with van der Waals surface area (Å²) >= 11 is 0. The standard InChI is InChI=1S/C20H19NO5/c1-13(22)14-8-9-17(18(12-14)25-2)26-11-5-10-21-19(23)15-6-3-4-7-16(15)20(21)24/h3-4,6-9,12H,5,10-11H2,1-2H3. The number of Topliss-reactive ketones (excluding diaryl/α,β-unsaturated/α-hetero) is 1. The van der Waals surface area contributed by atoms with Gasteiger partial charge in [-0.25, -0.2) is 0 Å². The van der Waals surface area contributed by atoms with Gasteiger partial charge in [-0.05, 0) is 43.7 Å². The monoisotopic (exact) mass is 353 g/mol. The van der Waals surface area contributed by atoms with Crippen LogP contribution in [0.4, 0.5) is 0 Å². The van der Waals surface area contributed by atoms with Crippen LogP contribution in [0.2, 0.25) is 0 Å². The summed E-state index contributed by atoms with van der Waals surface area (Å²) in [6.45, 7) is 2.07. The van der Waals surface area contributed by atoms with E-state index in [-0.39, 0.29) is 24.1 Å². The zero-order valence-corrected chi connectivity index (χ0v) is 14.7. The summed E-state index contributed by atoms with van der Waals surface area (Å²) in [6.07, 6.45) is 0.489. The van der Waals surface area contributed by atoms with E-state index in [1.807, 2.05) is 0 Å². The van der Waals surface area contributed by atoms with Crippen molar-refractivity contribution in [2.75, 3.05) is 20.3 Å². The molecule has 0 N–H and O–H groups in total. The van der Waals surface area contributed by atoms with Gasteiger partial charge in [0.15, 0.2) is 17.3 Å². The molecule has 2 amide bonds. The second-order valence-electron chi connectivity index (χ2n) is 5.93. The number of ether oxygens (including phenoxy) is 2. The van der Waals surface area contributed by atoms with Gasteiger partial charge < -0.3 is 9.47 Å². The smallest absolute Gasteiger partial charge is 0.261 e. The van der Waals surface area contributed by atoms with Crippen LogP contribution in [-0.4, -0.2) is 42.8 Å². The van der Waals surface area contributed by atoms with Gasteiger partial charge >= 0.3 is 0 Å². The average Bonchev–Trinajstić information content (AvgIpc) is 2.90. The number of benzene rings is 2. The highest BCUT2D eigenvalue weighted by Gasteiger charge is 2.34. The van der Waals surface area contributed by atoms with Gasteiger partial charge in [-0.2, -0.15) is 0 Å². The van der Waals surface area contributed by atoms with E-state index in [0.717, 1.165) is 0 Å². The molecular formula is C20H19NO5. The second-order valence-corrected chi connectivity index (χ2v) is 5.93. The predicted molar refractivity (Wildman–Crippen MR) is 94.9 cm³/mol. The van der Waals surface area contributed by atoms with Crippen molar-refractivity contribution in [1.29, 1.82) is 0 Å². The number of rotatable bonds is 7. The number of carbonyl (C=O) groups is 3. The molecule has 2 aromatic carbocycles. The molecule has 26 heavy (non-hydrogen) atoms. The zero-order valence-electron chi connectivity index (χ0n) is 14.7. The fourth-order valence-corrected chi connectivity index (χ4v) is 2.85. The topological polar surface area (TPSA) is 72.9 Å². The lowest BCUT2D eigenvalue weighted by atomic mass is 10.1. The van der Waals surface area contributed by atoms with Gasteiger partial charge in [0.05, 0.1) is 24.8 Å². The molecule has 1 aliphatic heterocycles. The van der Waals surface area contributed by atoms with Crippen molar-refractivity contribution in [3.05, 3.63) is 59.2 Å². The quantitative estimate of drug-likeness (QED) is 0.435. The number of amides is 2. The lowest BCUT2D eigenvalue weighted by Gasteiger charge is -2.15. The molecule has 0 saturated carbocycles. The molecule has 0 atom stereocenters. The fraction of sp³-hybridized carbons (Fsp3) is 0.250. The van der Waals surface area contributed by atoms with Gasteiger partial charge in [0.25, 0.3) is 11.8 Å².